The summed E-state index contributed by atoms with van der Waals surface area (Å²) >= 11 is 0. The Morgan fingerprint density at radius 3 is 2.21 bits per heavy atom. The zero-order valence-corrected chi connectivity index (χ0v) is 31.8. The van der Waals surface area contributed by atoms with E-state index in [0.717, 1.165) is 11.6 Å². The van der Waals surface area contributed by atoms with Crippen molar-refractivity contribution in [2.45, 2.75) is 46.1 Å². The molecule has 15 heteroatoms. The molecule has 57 heavy (non-hydrogen) atoms. The molecule has 14 nitrogen and oxygen atoms in total. The fourth-order valence-corrected chi connectivity index (χ4v) is 6.05. The molecule has 0 aliphatic heterocycles. The Labute approximate surface area is 326 Å². The lowest BCUT2D eigenvalue weighted by Gasteiger charge is -2.21. The van der Waals surface area contributed by atoms with Crippen LogP contribution in [0.3, 0.4) is 0 Å². The van der Waals surface area contributed by atoms with Crippen LogP contribution in [0.25, 0.3) is 16.6 Å². The Hall–Kier alpha value is -7.16. The quantitative estimate of drug-likeness (QED) is 0.111. The zero-order chi connectivity index (χ0) is 40.6. The van der Waals surface area contributed by atoms with Crippen molar-refractivity contribution < 1.29 is 42.5 Å². The van der Waals surface area contributed by atoms with Crippen molar-refractivity contribution in [3.63, 3.8) is 0 Å². The van der Waals surface area contributed by atoms with Gasteiger partial charge in [-0.3, -0.25) is 19.3 Å². The van der Waals surface area contributed by atoms with Gasteiger partial charge in [0.15, 0.2) is 23.1 Å². The van der Waals surface area contributed by atoms with Crippen LogP contribution >= 0.6 is 0 Å². The molecule has 2 aromatic heterocycles. The van der Waals surface area contributed by atoms with Crippen LogP contribution in [0.15, 0.2) is 108 Å². The molecular formula is C42H40FN5O9. The minimum atomic E-state index is -1.05. The first-order valence-electron chi connectivity index (χ1n) is 17.8. The van der Waals surface area contributed by atoms with Crippen LogP contribution in [-0.2, 0) is 27.4 Å². The van der Waals surface area contributed by atoms with Crippen molar-refractivity contribution in [1.82, 2.24) is 19.7 Å². The monoisotopic (exact) mass is 777 g/mol. The lowest BCUT2D eigenvalue weighted by atomic mass is 10.1. The minimum Gasteiger partial charge on any atom is -0.493 e. The topological polar surface area (TPSA) is 161 Å². The van der Waals surface area contributed by atoms with Crippen molar-refractivity contribution in [3.8, 4) is 28.7 Å². The number of alkyl carbamates (subject to hydrolysis) is 1. The molecule has 2 heterocycles. The Morgan fingerprint density at radius 1 is 0.842 bits per heavy atom. The van der Waals surface area contributed by atoms with Gasteiger partial charge in [0.25, 0.3) is 11.5 Å². The maximum atomic E-state index is 15.5. The normalized spacial score (nSPS) is 12.0. The van der Waals surface area contributed by atoms with Crippen LogP contribution < -0.4 is 30.4 Å². The van der Waals surface area contributed by atoms with Crippen LogP contribution in [0.2, 0.25) is 0 Å². The Kier molecular flexibility index (Phi) is 12.2. The molecule has 0 spiro atoms. The van der Waals surface area contributed by atoms with Crippen molar-refractivity contribution >= 4 is 34.6 Å². The van der Waals surface area contributed by atoms with Gasteiger partial charge < -0.3 is 34.3 Å². The molecular weight excluding hydrogens is 737 g/mol. The van der Waals surface area contributed by atoms with Gasteiger partial charge in [-0.25, -0.2) is 18.7 Å². The molecule has 1 unspecified atom stereocenters. The molecule has 294 valence electrons. The molecule has 0 saturated carbocycles. The number of benzene rings is 4. The molecule has 0 radical (unpaired) electrons. The first kappa shape index (κ1) is 39.5. The molecule has 2 N–H and O–H groups in total. The molecule has 6 aromatic rings. The Bertz CT molecular complexity index is 2470. The van der Waals surface area contributed by atoms with Gasteiger partial charge in [0.1, 0.15) is 30.1 Å². The summed E-state index contributed by atoms with van der Waals surface area (Å²) in [7, 11) is 3.00. The van der Waals surface area contributed by atoms with Crippen LogP contribution in [0, 0.1) is 12.7 Å². The second-order valence-corrected chi connectivity index (χ2v) is 12.9. The fourth-order valence-electron chi connectivity index (χ4n) is 6.05. The van der Waals surface area contributed by atoms with Crippen molar-refractivity contribution in [3.05, 3.63) is 136 Å². The number of hydrogen-bond acceptors (Lipinski definition) is 10. The van der Waals surface area contributed by atoms with E-state index in [0.29, 0.717) is 33.8 Å². The average molecular weight is 778 g/mol. The molecule has 0 fully saturated rings. The number of para-hydroxylation sites is 1. The third kappa shape index (κ3) is 9.05. The number of carbonyl (C=O) groups is 3. The maximum Gasteiger partial charge on any atom is 0.408 e. The highest BCUT2D eigenvalue weighted by Gasteiger charge is 2.27. The number of nitrogens with one attached hydrogen (secondary N) is 2. The van der Waals surface area contributed by atoms with Gasteiger partial charge in [0.05, 0.1) is 37.7 Å². The number of hydrogen-bond donors (Lipinski definition) is 2. The van der Waals surface area contributed by atoms with Gasteiger partial charge in [0.2, 0.25) is 0 Å². The number of amides is 2. The van der Waals surface area contributed by atoms with E-state index in [1.807, 2.05) is 18.2 Å². The third-order valence-electron chi connectivity index (χ3n) is 8.89. The number of esters is 1. The highest BCUT2D eigenvalue weighted by molar-refractivity contribution is 6.05. The van der Waals surface area contributed by atoms with Gasteiger partial charge in [-0.2, -0.15) is 0 Å². The smallest absolute Gasteiger partial charge is 0.408 e. The number of rotatable bonds is 14. The summed E-state index contributed by atoms with van der Waals surface area (Å²) in [6, 6.07) is 25.5. The van der Waals surface area contributed by atoms with Gasteiger partial charge in [-0.05, 0) is 62.7 Å². The predicted molar refractivity (Wildman–Crippen MR) is 209 cm³/mol. The number of aromatic nitrogens is 3. The molecule has 4 aromatic carbocycles. The molecule has 2 atom stereocenters. The number of fused-ring (bicyclic) bond motifs is 1. The van der Waals surface area contributed by atoms with Crippen LogP contribution in [-0.4, -0.2) is 58.7 Å². The third-order valence-corrected chi connectivity index (χ3v) is 8.89. The first-order valence-corrected chi connectivity index (χ1v) is 17.8. The standard InChI is InChI=1S/C42H40FN5O9/c1-25(56-41(51)26(2)45-42(52)55-24-28-12-8-6-9-13-28)23-47-27(3)38(40(50)48(47)30-14-10-7-11-15-30)39(49)46-29-16-17-35(32(43)20-29)57-34-18-19-44-33-22-37(54-5)36(53-4)21-31(33)34/h6-22,25-26H,23-24H2,1-5H3,(H,45,52)(H,46,49)/t25-,26?/m1/s1. The summed E-state index contributed by atoms with van der Waals surface area (Å²) in [4.78, 5) is 57.3. The van der Waals surface area contributed by atoms with E-state index >= 15 is 4.39 Å². The zero-order valence-electron chi connectivity index (χ0n) is 31.8. The molecule has 6 rings (SSSR count). The number of halogens is 1. The van der Waals surface area contributed by atoms with Crippen LogP contribution in [0.4, 0.5) is 14.9 Å². The molecule has 0 aliphatic carbocycles. The number of methoxy groups -OCH3 is 2. The van der Waals surface area contributed by atoms with Crippen LogP contribution in [0.1, 0.15) is 35.5 Å². The first-order chi connectivity index (χ1) is 27.5. The van der Waals surface area contributed by atoms with Gasteiger partial charge >= 0.3 is 12.1 Å². The second-order valence-electron chi connectivity index (χ2n) is 12.9. The van der Waals surface area contributed by atoms with Gasteiger partial charge in [-0.15, -0.1) is 0 Å². The molecule has 0 aliphatic rings. The predicted octanol–water partition coefficient (Wildman–Crippen LogP) is 6.94. The highest BCUT2D eigenvalue weighted by Crippen LogP contribution is 2.37. The maximum absolute atomic E-state index is 15.5. The van der Waals surface area contributed by atoms with E-state index < -0.39 is 41.5 Å². The van der Waals surface area contributed by atoms with E-state index in [2.05, 4.69) is 15.6 Å². The number of ether oxygens (including phenoxy) is 5. The Morgan fingerprint density at radius 2 is 1.53 bits per heavy atom. The number of carbonyl (C=O) groups excluding carboxylic acids is 3. The van der Waals surface area contributed by atoms with E-state index in [9.17, 15) is 19.2 Å². The summed E-state index contributed by atoms with van der Waals surface area (Å²) < 4.78 is 45.8. The van der Waals surface area contributed by atoms with E-state index in [4.69, 9.17) is 23.7 Å². The lowest BCUT2D eigenvalue weighted by Crippen LogP contribution is -2.41. The fraction of sp³-hybridized carbons (Fsp3) is 0.214. The number of nitrogens with zero attached hydrogens (tertiary/aromatic N) is 3. The summed E-state index contributed by atoms with van der Waals surface area (Å²) in [6.07, 6.45) is -0.0967. The van der Waals surface area contributed by atoms with Crippen molar-refractivity contribution in [2.24, 2.45) is 0 Å². The van der Waals surface area contributed by atoms with Crippen LogP contribution in [0.5, 0.6) is 23.0 Å². The van der Waals surface area contributed by atoms with E-state index in [1.54, 1.807) is 74.5 Å². The second kappa shape index (κ2) is 17.5. The van der Waals surface area contributed by atoms with Crippen molar-refractivity contribution in [2.75, 3.05) is 19.5 Å². The van der Waals surface area contributed by atoms with Gasteiger partial charge in [0, 0.05) is 29.4 Å². The summed E-state index contributed by atoms with van der Waals surface area (Å²) in [5, 5.41) is 5.63. The van der Waals surface area contributed by atoms with E-state index in [-0.39, 0.29) is 35.8 Å². The van der Waals surface area contributed by atoms with Crippen molar-refractivity contribution in [1.29, 1.82) is 0 Å². The number of pyridine rings is 1. The summed E-state index contributed by atoms with van der Waals surface area (Å²) in [5.41, 5.74) is 1.24. The highest BCUT2D eigenvalue weighted by atomic mass is 19.1. The van der Waals surface area contributed by atoms with E-state index in [1.165, 1.54) is 48.8 Å². The largest absolute Gasteiger partial charge is 0.493 e. The molecule has 0 bridgehead atoms. The molecule has 0 saturated heterocycles. The van der Waals surface area contributed by atoms with Gasteiger partial charge in [-0.1, -0.05) is 48.5 Å². The Balaban J connectivity index is 1.17. The lowest BCUT2D eigenvalue weighted by molar-refractivity contribution is -0.151. The summed E-state index contributed by atoms with van der Waals surface area (Å²) in [6.45, 7) is 4.64. The SMILES string of the molecule is COc1cc2nccc(Oc3ccc(NC(=O)c4c(C)n(C[C@@H](C)OC(=O)C(C)NC(=O)OCc5ccccc5)n(-c5ccccc5)c4=O)cc3F)c2cc1OC. The minimum absolute atomic E-state index is 0.0241. The number of anilines is 1. The molecule has 2 amide bonds. The average Bonchev–Trinajstić information content (AvgIpc) is 3.45. The summed E-state index contributed by atoms with van der Waals surface area (Å²) in [5.74, 6) is -1.21.